The highest BCUT2D eigenvalue weighted by Gasteiger charge is 2.16. The molecular weight excluding hydrogens is 394 g/mol. The van der Waals surface area contributed by atoms with Gasteiger partial charge >= 0.3 is 0 Å². The summed E-state index contributed by atoms with van der Waals surface area (Å²) < 4.78 is 3.16. The van der Waals surface area contributed by atoms with Crippen LogP contribution in [-0.4, -0.2) is 42.0 Å². The molecular formula is C22H19N7O2. The predicted molar refractivity (Wildman–Crippen MR) is 116 cm³/mol. The van der Waals surface area contributed by atoms with Crippen molar-refractivity contribution >= 4 is 18.2 Å². The first-order valence-corrected chi connectivity index (χ1v) is 9.47. The van der Waals surface area contributed by atoms with E-state index >= 15 is 0 Å². The third-order valence-corrected chi connectivity index (χ3v) is 4.27. The fourth-order valence-corrected chi connectivity index (χ4v) is 2.81. The zero-order valence-corrected chi connectivity index (χ0v) is 16.4. The molecule has 9 nitrogen and oxygen atoms in total. The van der Waals surface area contributed by atoms with Gasteiger partial charge in [-0.1, -0.05) is 53.7 Å². The van der Waals surface area contributed by atoms with Crippen molar-refractivity contribution in [1.82, 2.24) is 30.2 Å². The minimum Gasteiger partial charge on any atom is -0.504 e. The molecule has 2 aromatic carbocycles. The van der Waals surface area contributed by atoms with Gasteiger partial charge in [0.05, 0.1) is 24.6 Å². The van der Waals surface area contributed by atoms with Gasteiger partial charge in [-0.3, -0.25) is 4.79 Å². The topological polar surface area (TPSA) is 110 Å². The Hall–Kier alpha value is -4.53. The van der Waals surface area contributed by atoms with Gasteiger partial charge in [0.2, 0.25) is 0 Å². The summed E-state index contributed by atoms with van der Waals surface area (Å²) in [6.45, 7) is 0.630. The highest BCUT2D eigenvalue weighted by Crippen LogP contribution is 2.17. The van der Waals surface area contributed by atoms with Crippen LogP contribution in [0.25, 0.3) is 11.8 Å². The van der Waals surface area contributed by atoms with Crippen molar-refractivity contribution in [2.24, 2.45) is 5.10 Å². The molecule has 0 aliphatic carbocycles. The van der Waals surface area contributed by atoms with Crippen molar-refractivity contribution in [1.29, 1.82) is 0 Å². The summed E-state index contributed by atoms with van der Waals surface area (Å²) in [7, 11) is 0. The normalized spacial score (nSPS) is 11.4. The van der Waals surface area contributed by atoms with E-state index in [0.717, 1.165) is 11.3 Å². The summed E-state index contributed by atoms with van der Waals surface area (Å²) in [4.78, 5) is 12.2. The Kier molecular flexibility index (Phi) is 5.94. The summed E-state index contributed by atoms with van der Waals surface area (Å²) in [5, 5.41) is 26.1. The summed E-state index contributed by atoms with van der Waals surface area (Å²) >= 11 is 0. The fraction of sp³-hybridized carbons (Fsp3) is 0.0455. The smallest absolute Gasteiger partial charge is 0.295 e. The average molecular weight is 413 g/mol. The summed E-state index contributed by atoms with van der Waals surface area (Å²) in [5.74, 6) is -0.854. The zero-order valence-electron chi connectivity index (χ0n) is 16.4. The molecule has 0 fully saturated rings. The number of carbonyl (C=O) groups is 1. The van der Waals surface area contributed by atoms with Gasteiger partial charge < -0.3 is 5.11 Å². The Labute approximate surface area is 178 Å². The largest absolute Gasteiger partial charge is 0.504 e. The van der Waals surface area contributed by atoms with Gasteiger partial charge in [-0.2, -0.15) is 10.2 Å². The van der Waals surface area contributed by atoms with E-state index in [9.17, 15) is 9.90 Å². The molecule has 0 radical (unpaired) electrons. The lowest BCUT2D eigenvalue weighted by molar-refractivity contribution is 0.0947. The van der Waals surface area contributed by atoms with E-state index in [1.807, 2.05) is 66.9 Å². The minimum absolute atomic E-state index is 0.117. The molecule has 0 aliphatic rings. The zero-order chi connectivity index (χ0) is 21.5. The molecule has 154 valence electrons. The number of allylic oxidation sites excluding steroid dienone is 1. The van der Waals surface area contributed by atoms with E-state index in [1.165, 1.54) is 17.1 Å². The van der Waals surface area contributed by atoms with Crippen LogP contribution in [0.2, 0.25) is 0 Å². The lowest BCUT2D eigenvalue weighted by Gasteiger charge is -1.99. The summed E-state index contributed by atoms with van der Waals surface area (Å²) in [6, 6.07) is 19.1. The van der Waals surface area contributed by atoms with Crippen LogP contribution in [0.4, 0.5) is 0 Å². The quantitative estimate of drug-likeness (QED) is 0.357. The van der Waals surface area contributed by atoms with Crippen LogP contribution in [0.3, 0.4) is 0 Å². The Bertz CT molecular complexity index is 1210. The number of carbonyl (C=O) groups excluding carboxylic acids is 1. The van der Waals surface area contributed by atoms with Crippen LogP contribution >= 0.6 is 0 Å². The summed E-state index contributed by atoms with van der Waals surface area (Å²) in [5.41, 5.74) is 4.73. The Morgan fingerprint density at radius 2 is 1.81 bits per heavy atom. The number of hydrogen-bond acceptors (Lipinski definition) is 6. The van der Waals surface area contributed by atoms with Crippen LogP contribution in [0.1, 0.15) is 21.7 Å². The molecule has 0 saturated carbocycles. The number of amides is 1. The van der Waals surface area contributed by atoms with Gasteiger partial charge in [0.1, 0.15) is 5.69 Å². The predicted octanol–water partition coefficient (Wildman–Crippen LogP) is 2.65. The first-order valence-electron chi connectivity index (χ1n) is 9.47. The number of nitrogens with one attached hydrogen (secondary N) is 1. The van der Waals surface area contributed by atoms with Crippen molar-refractivity contribution in [3.63, 3.8) is 0 Å². The fourth-order valence-electron chi connectivity index (χ4n) is 2.81. The van der Waals surface area contributed by atoms with Gasteiger partial charge in [0.25, 0.3) is 5.91 Å². The van der Waals surface area contributed by atoms with E-state index < -0.39 is 5.91 Å². The second-order valence-corrected chi connectivity index (χ2v) is 6.55. The number of hydrazone groups is 1. The molecule has 0 bridgehead atoms. The molecule has 0 spiro atoms. The molecule has 2 N–H and O–H groups in total. The van der Waals surface area contributed by atoms with E-state index in [1.54, 1.807) is 16.8 Å². The van der Waals surface area contributed by atoms with Crippen LogP contribution < -0.4 is 5.43 Å². The van der Waals surface area contributed by atoms with Gasteiger partial charge in [-0.25, -0.2) is 14.8 Å². The Balaban J connectivity index is 1.32. The third-order valence-electron chi connectivity index (χ3n) is 4.27. The molecule has 0 atom stereocenters. The molecule has 0 saturated heterocycles. The van der Waals surface area contributed by atoms with Gasteiger partial charge in [-0.05, 0) is 29.8 Å². The lowest BCUT2D eigenvalue weighted by Crippen LogP contribution is -2.18. The number of benzene rings is 2. The van der Waals surface area contributed by atoms with E-state index in [-0.39, 0.29) is 11.4 Å². The van der Waals surface area contributed by atoms with Gasteiger partial charge in [0.15, 0.2) is 11.4 Å². The highest BCUT2D eigenvalue weighted by molar-refractivity contribution is 5.95. The van der Waals surface area contributed by atoms with E-state index in [4.69, 9.17) is 0 Å². The molecule has 31 heavy (non-hydrogen) atoms. The third kappa shape index (κ3) is 5.10. The minimum atomic E-state index is -0.620. The van der Waals surface area contributed by atoms with Crippen molar-refractivity contribution in [3.05, 3.63) is 96.1 Å². The first-order chi connectivity index (χ1) is 15.2. The molecule has 2 heterocycles. The van der Waals surface area contributed by atoms with Crippen molar-refractivity contribution < 1.29 is 9.90 Å². The lowest BCUT2D eigenvalue weighted by atomic mass is 10.2. The SMILES string of the molecule is O=C(N/N=C\C=C\c1cn(Cc2ccccc2)nn1)c1nn(-c2ccccc2)cc1O. The molecule has 1 amide bonds. The van der Waals surface area contributed by atoms with Crippen molar-refractivity contribution in [2.45, 2.75) is 6.54 Å². The highest BCUT2D eigenvalue weighted by atomic mass is 16.3. The molecule has 0 unspecified atom stereocenters. The number of aromatic nitrogens is 5. The maximum atomic E-state index is 12.2. The van der Waals surface area contributed by atoms with Crippen LogP contribution in [-0.2, 0) is 6.54 Å². The molecule has 4 rings (SSSR count). The number of rotatable bonds is 7. The van der Waals surface area contributed by atoms with E-state index in [0.29, 0.717) is 12.2 Å². The van der Waals surface area contributed by atoms with Gasteiger partial charge in [0, 0.05) is 6.21 Å². The Morgan fingerprint density at radius 3 is 2.58 bits per heavy atom. The van der Waals surface area contributed by atoms with Crippen LogP contribution in [0.5, 0.6) is 5.75 Å². The molecule has 2 aromatic heterocycles. The maximum Gasteiger partial charge on any atom is 0.295 e. The number of nitrogens with zero attached hydrogens (tertiary/aromatic N) is 6. The number of para-hydroxylation sites is 1. The van der Waals surface area contributed by atoms with Crippen LogP contribution in [0, 0.1) is 0 Å². The van der Waals surface area contributed by atoms with E-state index in [2.05, 4.69) is 25.9 Å². The maximum absolute atomic E-state index is 12.2. The van der Waals surface area contributed by atoms with Gasteiger partial charge in [-0.15, -0.1) is 5.10 Å². The molecule has 0 aliphatic heterocycles. The first kappa shape index (κ1) is 19.8. The molecule has 9 heteroatoms. The standard InChI is InChI=1S/C22H19N7O2/c30-20-16-29(19-11-5-2-6-12-19)26-21(20)22(31)25-23-13-7-10-18-15-28(27-24-18)14-17-8-3-1-4-9-17/h1-13,15-16,30H,14H2,(H,25,31)/b10-7+,23-13-. The number of hydrogen-bond donors (Lipinski definition) is 2. The second kappa shape index (κ2) is 9.31. The monoisotopic (exact) mass is 413 g/mol. The Morgan fingerprint density at radius 1 is 1.06 bits per heavy atom. The van der Waals surface area contributed by atoms with Crippen LogP contribution in [0.15, 0.2) is 84.2 Å². The van der Waals surface area contributed by atoms with Crippen molar-refractivity contribution in [2.75, 3.05) is 0 Å². The number of aromatic hydroxyl groups is 1. The second-order valence-electron chi connectivity index (χ2n) is 6.55. The summed E-state index contributed by atoms with van der Waals surface area (Å²) in [6.07, 6.45) is 7.92. The average Bonchev–Trinajstić information content (AvgIpc) is 3.41. The van der Waals surface area contributed by atoms with Crippen molar-refractivity contribution in [3.8, 4) is 11.4 Å². The molecule has 4 aromatic rings.